The first-order valence-electron chi connectivity index (χ1n) is 7.93. The van der Waals surface area contributed by atoms with Crippen molar-refractivity contribution >= 4 is 30.0 Å². The first-order valence-corrected chi connectivity index (χ1v) is 9.42. The lowest BCUT2D eigenvalue weighted by molar-refractivity contribution is 0.570. The van der Waals surface area contributed by atoms with Gasteiger partial charge in [-0.05, 0) is 30.4 Å². The van der Waals surface area contributed by atoms with E-state index in [0.29, 0.717) is 6.04 Å². The molecule has 1 unspecified atom stereocenters. The zero-order valence-corrected chi connectivity index (χ0v) is 15.9. The van der Waals surface area contributed by atoms with Gasteiger partial charge in [0.2, 0.25) is 0 Å². The van der Waals surface area contributed by atoms with Crippen molar-refractivity contribution in [2.24, 2.45) is 0 Å². The minimum Gasteiger partial charge on any atom is -0.303 e. The average Bonchev–Trinajstić information content (AvgIpc) is 3.04. The zero-order chi connectivity index (χ0) is 17.6. The molecule has 1 aliphatic heterocycles. The molecule has 128 valence electrons. The average molecular weight is 360 g/mol. The number of benzene rings is 2. The van der Waals surface area contributed by atoms with Crippen LogP contribution in [0.1, 0.15) is 25.5 Å². The molecule has 3 rings (SSSR count). The van der Waals surface area contributed by atoms with Crippen LogP contribution in [0.5, 0.6) is 0 Å². The molecular formula is C20H25NOS2. The van der Waals surface area contributed by atoms with Gasteiger partial charge in [0, 0.05) is 11.4 Å². The number of thiol groups is 1. The van der Waals surface area contributed by atoms with E-state index in [1.165, 1.54) is 22.9 Å². The van der Waals surface area contributed by atoms with E-state index in [0.717, 1.165) is 22.8 Å². The maximum absolute atomic E-state index is 9.37. The Bertz CT molecular complexity index is 600. The number of hydrogen-bond acceptors (Lipinski definition) is 4. The summed E-state index contributed by atoms with van der Waals surface area (Å²) in [5.74, 6) is 0.892. The second-order valence-corrected chi connectivity index (χ2v) is 6.71. The number of thioether (sulfide) groups is 1. The molecule has 0 fully saturated rings. The van der Waals surface area contributed by atoms with Crippen molar-refractivity contribution in [2.75, 3.05) is 12.3 Å². The molecule has 1 heterocycles. The van der Waals surface area contributed by atoms with Crippen molar-refractivity contribution in [1.82, 2.24) is 5.32 Å². The fourth-order valence-electron chi connectivity index (χ4n) is 2.14. The Morgan fingerprint density at radius 1 is 1.12 bits per heavy atom. The van der Waals surface area contributed by atoms with Gasteiger partial charge in [-0.15, -0.1) is 12.6 Å². The van der Waals surface area contributed by atoms with Crippen LogP contribution in [0.15, 0.2) is 77.2 Å². The van der Waals surface area contributed by atoms with E-state index < -0.39 is 0 Å². The SMILES string of the molecule is CC1=CCNC1c1ccccc1.CCSC=O.Sc1ccccc1. The van der Waals surface area contributed by atoms with E-state index in [1.807, 2.05) is 37.3 Å². The predicted octanol–water partition coefficient (Wildman–Crippen LogP) is 5.18. The molecule has 0 amide bonds. The van der Waals surface area contributed by atoms with Crippen LogP contribution in [0, 0.1) is 0 Å². The molecule has 0 saturated carbocycles. The fourth-order valence-corrected chi connectivity index (χ4v) is 2.45. The van der Waals surface area contributed by atoms with Crippen LogP contribution >= 0.6 is 24.4 Å². The first kappa shape index (κ1) is 20.6. The van der Waals surface area contributed by atoms with Crippen molar-refractivity contribution < 1.29 is 4.79 Å². The Hall–Kier alpha value is -1.49. The molecule has 0 saturated heterocycles. The summed E-state index contributed by atoms with van der Waals surface area (Å²) in [5.41, 5.74) is 3.64. The predicted molar refractivity (Wildman–Crippen MR) is 110 cm³/mol. The minimum atomic E-state index is 0.450. The molecule has 1 atom stereocenters. The third kappa shape index (κ3) is 8.39. The van der Waals surface area contributed by atoms with Crippen LogP contribution in [-0.4, -0.2) is 17.9 Å². The fraction of sp³-hybridized carbons (Fsp3) is 0.250. The van der Waals surface area contributed by atoms with Gasteiger partial charge in [-0.2, -0.15) is 0 Å². The molecule has 0 spiro atoms. The largest absolute Gasteiger partial charge is 0.303 e. The highest BCUT2D eigenvalue weighted by molar-refractivity contribution is 8.11. The number of carbonyl (C=O) groups excluding carboxylic acids is 1. The lowest BCUT2D eigenvalue weighted by Crippen LogP contribution is -2.15. The molecule has 1 N–H and O–H groups in total. The minimum absolute atomic E-state index is 0.450. The zero-order valence-electron chi connectivity index (χ0n) is 14.2. The normalized spacial score (nSPS) is 15.3. The second kappa shape index (κ2) is 12.9. The van der Waals surface area contributed by atoms with Crippen molar-refractivity contribution in [3.05, 3.63) is 77.9 Å². The molecule has 0 radical (unpaired) electrons. The third-order valence-electron chi connectivity index (χ3n) is 3.33. The first-order chi connectivity index (χ1) is 11.7. The van der Waals surface area contributed by atoms with Gasteiger partial charge < -0.3 is 5.32 Å². The number of nitrogens with one attached hydrogen (secondary N) is 1. The highest BCUT2D eigenvalue weighted by Crippen LogP contribution is 2.23. The van der Waals surface area contributed by atoms with Gasteiger partial charge in [-0.1, -0.05) is 78.9 Å². The Balaban J connectivity index is 0.000000205. The topological polar surface area (TPSA) is 29.1 Å². The standard InChI is InChI=1S/C11H13N.C6H6S.C3H6OS/c1-9-7-8-12-11(9)10-5-3-2-4-6-10;7-6-4-2-1-3-5-6;1-2-5-3-4/h2-7,11-12H,8H2,1H3;1-5,7H;3H,2H2,1H3. The lowest BCUT2D eigenvalue weighted by Gasteiger charge is -2.12. The Morgan fingerprint density at radius 3 is 2.04 bits per heavy atom. The van der Waals surface area contributed by atoms with E-state index in [2.05, 4.69) is 61.3 Å². The van der Waals surface area contributed by atoms with Crippen LogP contribution in [0.3, 0.4) is 0 Å². The molecule has 2 aromatic rings. The summed E-state index contributed by atoms with van der Waals surface area (Å²) in [4.78, 5) is 10.4. The highest BCUT2D eigenvalue weighted by atomic mass is 32.2. The summed E-state index contributed by atoms with van der Waals surface area (Å²) in [6.07, 6.45) is 2.25. The van der Waals surface area contributed by atoms with E-state index in [-0.39, 0.29) is 0 Å². The summed E-state index contributed by atoms with van der Waals surface area (Å²) in [7, 11) is 0. The van der Waals surface area contributed by atoms with Crippen molar-refractivity contribution in [2.45, 2.75) is 24.8 Å². The van der Waals surface area contributed by atoms with Crippen molar-refractivity contribution in [3.8, 4) is 0 Å². The van der Waals surface area contributed by atoms with Gasteiger partial charge in [0.15, 0.2) is 5.62 Å². The van der Waals surface area contributed by atoms with Crippen molar-refractivity contribution in [3.63, 3.8) is 0 Å². The second-order valence-electron chi connectivity index (χ2n) is 5.09. The van der Waals surface area contributed by atoms with Crippen molar-refractivity contribution in [1.29, 1.82) is 0 Å². The summed E-state index contributed by atoms with van der Waals surface area (Å²) in [6.45, 7) is 5.13. The Kier molecular flexibility index (Phi) is 11.0. The maximum atomic E-state index is 9.37. The molecule has 2 aromatic carbocycles. The van der Waals surface area contributed by atoms with Gasteiger partial charge in [0.05, 0.1) is 6.04 Å². The van der Waals surface area contributed by atoms with Gasteiger partial charge in [0.25, 0.3) is 0 Å². The van der Waals surface area contributed by atoms with Gasteiger partial charge >= 0.3 is 0 Å². The quantitative estimate of drug-likeness (QED) is 0.449. The third-order valence-corrected chi connectivity index (χ3v) is 4.09. The van der Waals surface area contributed by atoms with Crippen LogP contribution in [0.4, 0.5) is 0 Å². The molecule has 2 nitrogen and oxygen atoms in total. The maximum Gasteiger partial charge on any atom is 0.176 e. The molecule has 0 aliphatic carbocycles. The number of hydrogen-bond donors (Lipinski definition) is 2. The van der Waals surface area contributed by atoms with E-state index in [4.69, 9.17) is 0 Å². The molecular weight excluding hydrogens is 334 g/mol. The monoisotopic (exact) mass is 359 g/mol. The summed E-state index contributed by atoms with van der Waals surface area (Å²) < 4.78 is 0. The van der Waals surface area contributed by atoms with Crippen LogP contribution < -0.4 is 5.32 Å². The van der Waals surface area contributed by atoms with E-state index >= 15 is 0 Å². The summed E-state index contributed by atoms with van der Waals surface area (Å²) in [6, 6.07) is 20.8. The Morgan fingerprint density at radius 2 is 1.71 bits per heavy atom. The highest BCUT2D eigenvalue weighted by Gasteiger charge is 2.15. The Labute approximate surface area is 155 Å². The van der Waals surface area contributed by atoms with E-state index in [9.17, 15) is 4.79 Å². The molecule has 0 aromatic heterocycles. The van der Waals surface area contributed by atoms with Gasteiger partial charge in [-0.3, -0.25) is 4.79 Å². The number of rotatable bonds is 3. The molecule has 4 heteroatoms. The molecule has 0 bridgehead atoms. The van der Waals surface area contributed by atoms with Crippen LogP contribution in [0.25, 0.3) is 0 Å². The van der Waals surface area contributed by atoms with Crippen LogP contribution in [0.2, 0.25) is 0 Å². The summed E-state index contributed by atoms with van der Waals surface area (Å²) >= 11 is 5.37. The number of carbonyl (C=O) groups is 1. The van der Waals surface area contributed by atoms with Gasteiger partial charge in [0.1, 0.15) is 0 Å². The van der Waals surface area contributed by atoms with Crippen LogP contribution in [-0.2, 0) is 4.79 Å². The smallest absolute Gasteiger partial charge is 0.176 e. The lowest BCUT2D eigenvalue weighted by atomic mass is 10.0. The molecule has 24 heavy (non-hydrogen) atoms. The summed E-state index contributed by atoms with van der Waals surface area (Å²) in [5, 5.41) is 3.43. The van der Waals surface area contributed by atoms with E-state index in [1.54, 1.807) is 0 Å². The van der Waals surface area contributed by atoms with Gasteiger partial charge in [-0.25, -0.2) is 0 Å². The molecule has 1 aliphatic rings.